The van der Waals surface area contributed by atoms with Gasteiger partial charge in [-0.2, -0.15) is 9.40 Å². The number of morpholine rings is 1. The number of ether oxygens (including phenoxy) is 2. The molecule has 1 fully saturated rings. The van der Waals surface area contributed by atoms with Crippen LogP contribution in [0.25, 0.3) is 11.3 Å². The van der Waals surface area contributed by atoms with E-state index in [9.17, 15) is 8.42 Å². The van der Waals surface area contributed by atoms with Crippen molar-refractivity contribution in [3.8, 4) is 17.0 Å². The Bertz CT molecular complexity index is 1360. The van der Waals surface area contributed by atoms with Crippen molar-refractivity contribution in [2.75, 3.05) is 58.0 Å². The van der Waals surface area contributed by atoms with Crippen molar-refractivity contribution in [3.05, 3.63) is 64.8 Å². The standard InChI is InChI=1S/C28H35ClN4O4S2/c1-39(34,35)32-13-10-26-24(21-32)28(30-33(26)12-5-11-31-14-16-36-17-15-31)22-8-9-25(29)27(20-22)38-19-18-37-23-6-3-2-4-7-23/h2-4,6-9,20H,5,10-19,21H2,1H3. The van der Waals surface area contributed by atoms with E-state index in [1.807, 2.05) is 42.5 Å². The van der Waals surface area contributed by atoms with Crippen molar-refractivity contribution in [1.82, 2.24) is 19.0 Å². The molecule has 5 rings (SSSR count). The quantitative estimate of drug-likeness (QED) is 0.242. The number of sulfonamides is 1. The van der Waals surface area contributed by atoms with E-state index in [4.69, 9.17) is 26.2 Å². The van der Waals surface area contributed by atoms with Crippen molar-refractivity contribution in [1.29, 1.82) is 0 Å². The molecule has 210 valence electrons. The molecule has 2 aliphatic rings. The van der Waals surface area contributed by atoms with Crippen LogP contribution in [0.15, 0.2) is 53.4 Å². The lowest BCUT2D eigenvalue weighted by Crippen LogP contribution is -2.37. The summed E-state index contributed by atoms with van der Waals surface area (Å²) < 4.78 is 39.7. The topological polar surface area (TPSA) is 76.9 Å². The maximum Gasteiger partial charge on any atom is 0.211 e. The maximum absolute atomic E-state index is 12.4. The van der Waals surface area contributed by atoms with Crippen LogP contribution >= 0.6 is 23.4 Å². The minimum Gasteiger partial charge on any atom is -0.493 e. The zero-order valence-corrected chi connectivity index (χ0v) is 24.6. The first-order chi connectivity index (χ1) is 18.9. The fourth-order valence-electron chi connectivity index (χ4n) is 5.02. The predicted octanol–water partition coefficient (Wildman–Crippen LogP) is 4.41. The lowest BCUT2D eigenvalue weighted by atomic mass is 10.0. The number of benzene rings is 2. The molecule has 0 aliphatic carbocycles. The van der Waals surface area contributed by atoms with E-state index in [0.717, 1.165) is 84.7 Å². The van der Waals surface area contributed by atoms with Crippen LogP contribution in [0.2, 0.25) is 5.02 Å². The van der Waals surface area contributed by atoms with Crippen molar-refractivity contribution < 1.29 is 17.9 Å². The second kappa shape index (κ2) is 13.1. The summed E-state index contributed by atoms with van der Waals surface area (Å²) in [5.74, 6) is 1.59. The Hall–Kier alpha value is -2.08. The fourth-order valence-corrected chi connectivity index (χ4v) is 6.89. The molecular weight excluding hydrogens is 556 g/mol. The van der Waals surface area contributed by atoms with Gasteiger partial charge in [0, 0.05) is 73.2 Å². The lowest BCUT2D eigenvalue weighted by Gasteiger charge is -2.27. The number of aryl methyl sites for hydroxylation is 1. The minimum atomic E-state index is -3.30. The van der Waals surface area contributed by atoms with E-state index < -0.39 is 10.0 Å². The van der Waals surface area contributed by atoms with Crippen LogP contribution in [0.1, 0.15) is 17.7 Å². The molecule has 3 heterocycles. The zero-order valence-electron chi connectivity index (χ0n) is 22.2. The molecule has 0 amide bonds. The van der Waals surface area contributed by atoms with Gasteiger partial charge in [-0.1, -0.05) is 35.9 Å². The molecule has 0 atom stereocenters. The van der Waals surface area contributed by atoms with Crippen molar-refractivity contribution in [3.63, 3.8) is 0 Å². The van der Waals surface area contributed by atoms with Crippen LogP contribution in [0.4, 0.5) is 0 Å². The molecule has 2 aliphatic heterocycles. The Morgan fingerprint density at radius 1 is 1.08 bits per heavy atom. The van der Waals surface area contributed by atoms with Crippen LogP contribution in [-0.2, 0) is 34.3 Å². The molecule has 11 heteroatoms. The van der Waals surface area contributed by atoms with E-state index in [2.05, 4.69) is 15.6 Å². The maximum atomic E-state index is 12.4. The lowest BCUT2D eigenvalue weighted by molar-refractivity contribution is 0.0368. The molecule has 0 unspecified atom stereocenters. The fraction of sp³-hybridized carbons (Fsp3) is 0.464. The van der Waals surface area contributed by atoms with Gasteiger partial charge < -0.3 is 9.47 Å². The molecule has 39 heavy (non-hydrogen) atoms. The van der Waals surface area contributed by atoms with E-state index in [1.165, 1.54) is 6.26 Å². The first-order valence-electron chi connectivity index (χ1n) is 13.3. The molecule has 0 saturated carbocycles. The van der Waals surface area contributed by atoms with Gasteiger partial charge >= 0.3 is 0 Å². The predicted molar refractivity (Wildman–Crippen MR) is 156 cm³/mol. The Balaban J connectivity index is 1.33. The monoisotopic (exact) mass is 590 g/mol. The molecule has 8 nitrogen and oxygen atoms in total. The van der Waals surface area contributed by atoms with Crippen LogP contribution in [0.5, 0.6) is 5.75 Å². The minimum absolute atomic E-state index is 0.336. The van der Waals surface area contributed by atoms with Crippen LogP contribution in [-0.4, -0.2) is 85.4 Å². The SMILES string of the molecule is CS(=O)(=O)N1CCc2c(c(-c3ccc(Cl)c(SCCOc4ccccc4)c3)nn2CCCN2CCOCC2)C1. The van der Waals surface area contributed by atoms with Gasteiger partial charge in [-0.15, -0.1) is 11.8 Å². The number of fused-ring (bicyclic) bond motifs is 1. The molecule has 1 aromatic heterocycles. The largest absolute Gasteiger partial charge is 0.493 e. The van der Waals surface area contributed by atoms with Gasteiger partial charge in [0.15, 0.2) is 0 Å². The first-order valence-corrected chi connectivity index (χ1v) is 16.5. The Morgan fingerprint density at radius 3 is 2.64 bits per heavy atom. The molecule has 0 radical (unpaired) electrons. The first kappa shape index (κ1) is 28.4. The molecule has 3 aromatic rings. The molecule has 0 bridgehead atoms. The zero-order chi connectivity index (χ0) is 27.2. The van der Waals surface area contributed by atoms with Gasteiger partial charge in [-0.3, -0.25) is 9.58 Å². The summed E-state index contributed by atoms with van der Waals surface area (Å²) in [4.78, 5) is 3.38. The number of hydrogen-bond donors (Lipinski definition) is 0. The third-order valence-electron chi connectivity index (χ3n) is 7.07. The van der Waals surface area contributed by atoms with Crippen LogP contribution < -0.4 is 4.74 Å². The summed E-state index contributed by atoms with van der Waals surface area (Å²) in [5.41, 5.74) is 3.91. The second-order valence-electron chi connectivity index (χ2n) is 9.81. The molecule has 2 aromatic carbocycles. The molecule has 1 saturated heterocycles. The van der Waals surface area contributed by atoms with Gasteiger partial charge in [-0.25, -0.2) is 8.42 Å². The van der Waals surface area contributed by atoms with Crippen LogP contribution in [0, 0.1) is 0 Å². The Morgan fingerprint density at radius 2 is 1.87 bits per heavy atom. The molecule has 0 spiro atoms. The van der Waals surface area contributed by atoms with Gasteiger partial charge in [-0.05, 0) is 30.7 Å². The average molecular weight is 591 g/mol. The van der Waals surface area contributed by atoms with Crippen molar-refractivity contribution >= 4 is 33.4 Å². The van der Waals surface area contributed by atoms with E-state index in [1.54, 1.807) is 16.1 Å². The van der Waals surface area contributed by atoms with Gasteiger partial charge in [0.1, 0.15) is 5.75 Å². The Kier molecular flexibility index (Phi) is 9.52. The highest BCUT2D eigenvalue weighted by Gasteiger charge is 2.30. The number of rotatable bonds is 11. The number of aromatic nitrogens is 2. The summed E-state index contributed by atoms with van der Waals surface area (Å²) in [5, 5.41) is 5.72. The second-order valence-corrected chi connectivity index (χ2v) is 13.3. The summed E-state index contributed by atoms with van der Waals surface area (Å²) >= 11 is 8.21. The molecule has 0 N–H and O–H groups in total. The van der Waals surface area contributed by atoms with Gasteiger partial charge in [0.25, 0.3) is 0 Å². The smallest absolute Gasteiger partial charge is 0.211 e. The van der Waals surface area contributed by atoms with E-state index in [0.29, 0.717) is 31.1 Å². The third-order valence-corrected chi connectivity index (χ3v) is 9.78. The van der Waals surface area contributed by atoms with Crippen molar-refractivity contribution in [2.45, 2.75) is 30.8 Å². The number of hydrogen-bond acceptors (Lipinski definition) is 7. The van der Waals surface area contributed by atoms with E-state index >= 15 is 0 Å². The third kappa shape index (κ3) is 7.36. The highest BCUT2D eigenvalue weighted by molar-refractivity contribution is 7.99. The molecular formula is C28H35ClN4O4S2. The average Bonchev–Trinajstić information content (AvgIpc) is 3.30. The highest BCUT2D eigenvalue weighted by Crippen LogP contribution is 2.36. The Labute approximate surface area is 240 Å². The van der Waals surface area contributed by atoms with E-state index in [-0.39, 0.29) is 0 Å². The summed E-state index contributed by atoms with van der Waals surface area (Å²) in [6, 6.07) is 15.7. The summed E-state index contributed by atoms with van der Waals surface area (Å²) in [7, 11) is -3.30. The number of para-hydroxylation sites is 1. The summed E-state index contributed by atoms with van der Waals surface area (Å²) in [6.45, 7) is 6.68. The normalized spacial score (nSPS) is 16.8. The summed E-state index contributed by atoms with van der Waals surface area (Å²) in [6.07, 6.45) is 2.91. The van der Waals surface area contributed by atoms with Crippen LogP contribution in [0.3, 0.4) is 0 Å². The van der Waals surface area contributed by atoms with Gasteiger partial charge in [0.05, 0.1) is 36.8 Å². The number of halogens is 1. The highest BCUT2D eigenvalue weighted by atomic mass is 35.5. The number of nitrogens with zero attached hydrogens (tertiary/aromatic N) is 4. The van der Waals surface area contributed by atoms with Crippen molar-refractivity contribution in [2.24, 2.45) is 0 Å². The number of thioether (sulfide) groups is 1. The van der Waals surface area contributed by atoms with Gasteiger partial charge in [0.2, 0.25) is 10.0 Å².